The molecule has 0 radical (unpaired) electrons. The third-order valence-electron chi connectivity index (χ3n) is 7.31. The van der Waals surface area contributed by atoms with Crippen molar-refractivity contribution in [3.63, 3.8) is 0 Å². The number of unbranched alkanes of at least 4 members (excludes halogenated alkanes) is 2. The van der Waals surface area contributed by atoms with Crippen LogP contribution in [0.1, 0.15) is 47.7 Å². The van der Waals surface area contributed by atoms with Crippen LogP contribution in [0.25, 0.3) is 22.4 Å². The van der Waals surface area contributed by atoms with E-state index in [0.29, 0.717) is 17.8 Å². The van der Waals surface area contributed by atoms with Gasteiger partial charge in [0, 0.05) is 35.5 Å². The van der Waals surface area contributed by atoms with Crippen molar-refractivity contribution in [1.29, 1.82) is 0 Å². The minimum atomic E-state index is -4.81. The first-order valence-electron chi connectivity index (χ1n) is 14.6. The van der Waals surface area contributed by atoms with Crippen LogP contribution >= 0.6 is 0 Å². The molecule has 0 N–H and O–H groups in total. The monoisotopic (exact) mass is 671 g/mol. The average Bonchev–Trinajstić information content (AvgIpc) is 3.03. The molecule has 12 heteroatoms. The number of esters is 1. The Morgan fingerprint density at radius 2 is 1.35 bits per heavy atom. The van der Waals surface area contributed by atoms with E-state index in [1.54, 1.807) is 12.1 Å². The fourth-order valence-corrected chi connectivity index (χ4v) is 4.86. The molecule has 0 spiro atoms. The first-order valence-corrected chi connectivity index (χ1v) is 14.6. The Balaban J connectivity index is 1.27. The SMILES string of the molecule is CCCCCc1ccc(-c2ccc(C(=O)Oc3ccc(-c4cc(F)c(C(F)(F)Oc5cc(F)c(F)c(F)c5)c(F)c4)c(F)c3)cc2)nc1. The molecule has 0 aliphatic heterocycles. The first-order chi connectivity index (χ1) is 22.9. The number of hydrogen-bond acceptors (Lipinski definition) is 4. The molecule has 0 fully saturated rings. The number of aromatic nitrogens is 1. The Hall–Kier alpha value is -5.26. The zero-order valence-corrected chi connectivity index (χ0v) is 25.1. The molecular formula is C36H25F8NO3. The number of carbonyl (C=O) groups excluding carboxylic acids is 1. The third-order valence-corrected chi connectivity index (χ3v) is 7.31. The van der Waals surface area contributed by atoms with Gasteiger partial charge in [0.1, 0.15) is 34.5 Å². The fourth-order valence-electron chi connectivity index (χ4n) is 4.86. The second-order valence-corrected chi connectivity index (χ2v) is 10.8. The summed E-state index contributed by atoms with van der Waals surface area (Å²) in [6.45, 7) is 2.13. The fraction of sp³-hybridized carbons (Fsp3) is 0.167. The Bertz CT molecular complexity index is 1900. The first kappa shape index (κ1) is 34.1. The number of halogens is 8. The van der Waals surface area contributed by atoms with Crippen molar-refractivity contribution in [3.8, 4) is 33.9 Å². The highest BCUT2D eigenvalue weighted by Gasteiger charge is 2.41. The van der Waals surface area contributed by atoms with Crippen molar-refractivity contribution in [2.45, 2.75) is 38.7 Å². The minimum absolute atomic E-state index is 0.0710. The second-order valence-electron chi connectivity index (χ2n) is 10.8. The van der Waals surface area contributed by atoms with Gasteiger partial charge < -0.3 is 9.47 Å². The minimum Gasteiger partial charge on any atom is -0.429 e. The molecule has 0 saturated carbocycles. The molecule has 1 aromatic heterocycles. The maximum absolute atomic E-state index is 15.0. The maximum Gasteiger partial charge on any atom is 0.432 e. The van der Waals surface area contributed by atoms with Crippen molar-refractivity contribution in [2.24, 2.45) is 0 Å². The summed E-state index contributed by atoms with van der Waals surface area (Å²) in [6, 6.07) is 14.1. The highest BCUT2D eigenvalue weighted by atomic mass is 19.3. The zero-order chi connectivity index (χ0) is 34.6. The van der Waals surface area contributed by atoms with E-state index in [1.807, 2.05) is 18.3 Å². The number of pyridine rings is 1. The highest BCUT2D eigenvalue weighted by molar-refractivity contribution is 5.91. The molecule has 0 bridgehead atoms. The van der Waals surface area contributed by atoms with Crippen LogP contribution in [0.4, 0.5) is 35.1 Å². The smallest absolute Gasteiger partial charge is 0.429 e. The van der Waals surface area contributed by atoms with Gasteiger partial charge in [-0.15, -0.1) is 0 Å². The van der Waals surface area contributed by atoms with E-state index in [1.165, 1.54) is 12.1 Å². The van der Waals surface area contributed by atoms with Gasteiger partial charge in [0.15, 0.2) is 17.5 Å². The predicted octanol–water partition coefficient (Wildman–Crippen LogP) is 10.3. The Kier molecular flexibility index (Phi) is 10.1. The average molecular weight is 672 g/mol. The Morgan fingerprint density at radius 3 is 1.94 bits per heavy atom. The van der Waals surface area contributed by atoms with E-state index in [2.05, 4.69) is 16.6 Å². The van der Waals surface area contributed by atoms with Crippen molar-refractivity contribution < 1.29 is 49.4 Å². The van der Waals surface area contributed by atoms with Gasteiger partial charge >= 0.3 is 12.1 Å². The van der Waals surface area contributed by atoms with Gasteiger partial charge in [-0.05, 0) is 66.4 Å². The normalized spacial score (nSPS) is 11.4. The topological polar surface area (TPSA) is 48.4 Å². The quantitative estimate of drug-likeness (QED) is 0.0461. The summed E-state index contributed by atoms with van der Waals surface area (Å²) in [5.74, 6) is -12.9. The lowest BCUT2D eigenvalue weighted by atomic mass is 10.0. The van der Waals surface area contributed by atoms with Crippen LogP contribution in [-0.4, -0.2) is 11.0 Å². The number of benzene rings is 4. The Labute approximate surface area is 269 Å². The predicted molar refractivity (Wildman–Crippen MR) is 160 cm³/mol. The number of ether oxygens (including phenoxy) is 2. The van der Waals surface area contributed by atoms with Crippen LogP contribution in [0, 0.1) is 34.9 Å². The molecule has 1 heterocycles. The summed E-state index contributed by atoms with van der Waals surface area (Å²) in [6.07, 6.45) is 1.29. The summed E-state index contributed by atoms with van der Waals surface area (Å²) in [4.78, 5) is 17.2. The molecule has 0 aliphatic rings. The summed E-state index contributed by atoms with van der Waals surface area (Å²) in [7, 11) is 0. The largest absolute Gasteiger partial charge is 0.432 e. The summed E-state index contributed by atoms with van der Waals surface area (Å²) in [5, 5.41) is 0. The number of alkyl halides is 2. The van der Waals surface area contributed by atoms with E-state index in [9.17, 15) is 35.5 Å². The van der Waals surface area contributed by atoms with Gasteiger partial charge in [-0.25, -0.2) is 31.1 Å². The molecule has 0 unspecified atom stereocenters. The molecule has 48 heavy (non-hydrogen) atoms. The van der Waals surface area contributed by atoms with E-state index >= 15 is 4.39 Å². The van der Waals surface area contributed by atoms with Gasteiger partial charge in [0.2, 0.25) is 0 Å². The van der Waals surface area contributed by atoms with Gasteiger partial charge in [0.25, 0.3) is 0 Å². The van der Waals surface area contributed by atoms with Gasteiger partial charge in [-0.1, -0.05) is 38.0 Å². The summed E-state index contributed by atoms with van der Waals surface area (Å²) >= 11 is 0. The van der Waals surface area contributed by atoms with Crippen LogP contribution in [0.15, 0.2) is 85.1 Å². The lowest BCUT2D eigenvalue weighted by molar-refractivity contribution is -0.189. The van der Waals surface area contributed by atoms with Gasteiger partial charge in [-0.3, -0.25) is 4.98 Å². The molecule has 248 valence electrons. The third kappa shape index (κ3) is 7.64. The van der Waals surface area contributed by atoms with Crippen LogP contribution in [0.3, 0.4) is 0 Å². The molecule has 0 atom stereocenters. The molecule has 5 aromatic rings. The standard InChI is InChI=1S/C36H25F8NO3/c1-2-3-4-5-20-6-13-32(45-19-20)21-7-9-22(10-8-21)35(46)47-24-11-12-26(27(37)16-24)23-14-28(38)33(29(39)15-23)36(43,44)48-25-17-30(40)34(42)31(41)18-25/h6-19H,2-5H2,1H3. The molecular weight excluding hydrogens is 646 g/mol. The lowest BCUT2D eigenvalue weighted by Gasteiger charge is -2.20. The van der Waals surface area contributed by atoms with Crippen LogP contribution in [0.5, 0.6) is 11.5 Å². The second kappa shape index (κ2) is 14.2. The number of rotatable bonds is 11. The number of hydrogen-bond donors (Lipinski definition) is 0. The van der Waals surface area contributed by atoms with E-state index in [0.717, 1.165) is 55.0 Å². The molecule has 4 aromatic carbocycles. The summed E-state index contributed by atoms with van der Waals surface area (Å²) < 4.78 is 123. The maximum atomic E-state index is 15.0. The van der Waals surface area contributed by atoms with Crippen LogP contribution in [0.2, 0.25) is 0 Å². The number of aryl methyl sites for hydroxylation is 1. The summed E-state index contributed by atoms with van der Waals surface area (Å²) in [5.41, 5.74) is -0.129. The van der Waals surface area contributed by atoms with Crippen molar-refractivity contribution >= 4 is 5.97 Å². The molecule has 4 nitrogen and oxygen atoms in total. The van der Waals surface area contributed by atoms with Gasteiger partial charge in [0.05, 0.1) is 11.3 Å². The lowest BCUT2D eigenvalue weighted by Crippen LogP contribution is -2.25. The van der Waals surface area contributed by atoms with E-state index in [4.69, 9.17) is 4.74 Å². The molecule has 0 saturated heterocycles. The van der Waals surface area contributed by atoms with E-state index in [-0.39, 0.29) is 23.4 Å². The highest BCUT2D eigenvalue weighted by Crippen LogP contribution is 2.38. The van der Waals surface area contributed by atoms with Crippen LogP contribution < -0.4 is 9.47 Å². The Morgan fingerprint density at radius 1 is 0.708 bits per heavy atom. The molecule has 5 rings (SSSR count). The number of carbonyl (C=O) groups is 1. The van der Waals surface area contributed by atoms with E-state index < -0.39 is 69.4 Å². The molecule has 0 aliphatic carbocycles. The zero-order valence-electron chi connectivity index (χ0n) is 25.1. The number of nitrogens with zero attached hydrogens (tertiary/aromatic N) is 1. The van der Waals surface area contributed by atoms with Gasteiger partial charge in [-0.2, -0.15) is 8.78 Å². The van der Waals surface area contributed by atoms with Crippen molar-refractivity contribution in [3.05, 3.63) is 137 Å². The molecule has 0 amide bonds. The van der Waals surface area contributed by atoms with Crippen molar-refractivity contribution in [1.82, 2.24) is 4.98 Å². The van der Waals surface area contributed by atoms with Crippen molar-refractivity contribution in [2.75, 3.05) is 0 Å². The van der Waals surface area contributed by atoms with Crippen LogP contribution in [-0.2, 0) is 12.5 Å².